The second kappa shape index (κ2) is 7.91. The van der Waals surface area contributed by atoms with E-state index in [0.717, 1.165) is 12.1 Å². The van der Waals surface area contributed by atoms with Crippen LogP contribution in [0.25, 0.3) is 0 Å². The fourth-order valence-corrected chi connectivity index (χ4v) is 1.67. The maximum atomic E-state index is 13.1. The van der Waals surface area contributed by atoms with Crippen molar-refractivity contribution in [3.05, 3.63) is 29.8 Å². The number of hydrogen-bond acceptors (Lipinski definition) is 5. The highest BCUT2D eigenvalue weighted by Gasteiger charge is 2.59. The number of benzene rings is 1. The molecule has 0 spiro atoms. The lowest BCUT2D eigenvalue weighted by Gasteiger charge is -2.23. The summed E-state index contributed by atoms with van der Waals surface area (Å²) >= 11 is 0. The molecule has 0 saturated heterocycles. The van der Waals surface area contributed by atoms with Crippen LogP contribution in [-0.2, 0) is 9.53 Å². The molecule has 0 aliphatic carbocycles. The zero-order chi connectivity index (χ0) is 19.4. The third-order valence-corrected chi connectivity index (χ3v) is 2.89. The molecule has 0 fully saturated rings. The average molecular weight is 376 g/mol. The van der Waals surface area contributed by atoms with Gasteiger partial charge in [-0.15, -0.1) is 0 Å². The van der Waals surface area contributed by atoms with E-state index in [1.807, 2.05) is 0 Å². The van der Waals surface area contributed by atoms with Crippen LogP contribution in [0.2, 0.25) is 0 Å². The molecule has 2 N–H and O–H groups in total. The number of halogens is 6. The fourth-order valence-electron chi connectivity index (χ4n) is 1.67. The molecule has 0 amide bonds. The van der Waals surface area contributed by atoms with Crippen LogP contribution in [0.15, 0.2) is 24.3 Å². The first-order valence-corrected chi connectivity index (χ1v) is 6.80. The van der Waals surface area contributed by atoms with E-state index in [0.29, 0.717) is 12.1 Å². The van der Waals surface area contributed by atoms with Crippen molar-refractivity contribution in [1.82, 2.24) is 0 Å². The molecule has 0 saturated carbocycles. The van der Waals surface area contributed by atoms with Crippen LogP contribution in [0.3, 0.4) is 0 Å². The Bertz CT molecular complexity index is 574. The zero-order valence-electron chi connectivity index (χ0n) is 12.6. The van der Waals surface area contributed by atoms with E-state index < -0.39 is 42.4 Å². The number of carbonyl (C=O) groups is 1. The number of aliphatic hydroxyl groups is 2. The summed E-state index contributed by atoms with van der Waals surface area (Å²) in [6.45, 7) is 1.40. The van der Waals surface area contributed by atoms with Gasteiger partial charge >= 0.3 is 18.3 Å². The number of carbonyl (C=O) groups excluding carboxylic acids is 1. The van der Waals surface area contributed by atoms with Gasteiger partial charge in [-0.1, -0.05) is 12.1 Å². The van der Waals surface area contributed by atoms with Crippen molar-refractivity contribution in [2.24, 2.45) is 0 Å². The molecule has 3 atom stereocenters. The third-order valence-electron chi connectivity index (χ3n) is 2.89. The van der Waals surface area contributed by atoms with E-state index in [9.17, 15) is 41.4 Å². The average Bonchev–Trinajstić information content (AvgIpc) is 2.52. The van der Waals surface area contributed by atoms with Crippen LogP contribution in [0.5, 0.6) is 5.75 Å². The van der Waals surface area contributed by atoms with Gasteiger partial charge in [0.15, 0.2) is 6.10 Å². The second-order valence-electron chi connectivity index (χ2n) is 4.78. The van der Waals surface area contributed by atoms with Crippen molar-refractivity contribution in [2.45, 2.75) is 37.6 Å². The van der Waals surface area contributed by atoms with Gasteiger partial charge in [0.1, 0.15) is 11.9 Å². The second-order valence-corrected chi connectivity index (χ2v) is 4.78. The predicted octanol–water partition coefficient (Wildman–Crippen LogP) is 2.52. The highest BCUT2D eigenvalue weighted by Crippen LogP contribution is 2.36. The zero-order valence-corrected chi connectivity index (χ0v) is 12.6. The summed E-state index contributed by atoms with van der Waals surface area (Å²) in [7, 11) is 0. The summed E-state index contributed by atoms with van der Waals surface area (Å²) in [5, 5.41) is 19.3. The van der Waals surface area contributed by atoms with Crippen LogP contribution in [0.4, 0.5) is 26.3 Å². The van der Waals surface area contributed by atoms with Gasteiger partial charge in [0, 0.05) is 0 Å². The lowest BCUT2D eigenvalue weighted by molar-refractivity contribution is -0.304. The van der Waals surface area contributed by atoms with Gasteiger partial charge in [-0.05, 0) is 24.6 Å². The van der Waals surface area contributed by atoms with Crippen molar-refractivity contribution >= 4 is 5.97 Å². The van der Waals surface area contributed by atoms with Gasteiger partial charge < -0.3 is 19.7 Å². The molecular weight excluding hydrogens is 362 g/mol. The normalized spacial score (nSPS) is 16.0. The van der Waals surface area contributed by atoms with E-state index >= 15 is 0 Å². The van der Waals surface area contributed by atoms with Crippen LogP contribution < -0.4 is 4.74 Å². The van der Waals surface area contributed by atoms with Crippen molar-refractivity contribution < 1.29 is 50.8 Å². The maximum absolute atomic E-state index is 13.1. The van der Waals surface area contributed by atoms with Crippen molar-refractivity contribution in [3.8, 4) is 5.75 Å². The first-order chi connectivity index (χ1) is 11.4. The topological polar surface area (TPSA) is 76.0 Å². The molecule has 11 heteroatoms. The molecule has 0 heterocycles. The fraction of sp³-hybridized carbons (Fsp3) is 0.500. The Morgan fingerprint density at radius 2 is 1.64 bits per heavy atom. The summed E-state index contributed by atoms with van der Waals surface area (Å²) < 4.78 is 83.1. The minimum absolute atomic E-state index is 0.0614. The summed E-state index contributed by atoms with van der Waals surface area (Å²) in [5.74, 6) is -1.95. The first kappa shape index (κ1) is 21.0. The van der Waals surface area contributed by atoms with Gasteiger partial charge in [0.05, 0.1) is 6.61 Å². The molecule has 1 aromatic rings. The summed E-state index contributed by atoms with van der Waals surface area (Å²) in [4.78, 5) is 11.3. The number of hydrogen-bond donors (Lipinski definition) is 2. The molecule has 0 aliphatic heterocycles. The number of rotatable bonds is 7. The molecule has 5 nitrogen and oxygen atoms in total. The molecule has 0 radical (unpaired) electrons. The Hall–Kier alpha value is -2.01. The minimum atomic E-state index is -5.82. The molecule has 0 aliphatic rings. The van der Waals surface area contributed by atoms with E-state index in [1.54, 1.807) is 0 Å². The minimum Gasteiger partial charge on any atom is -0.464 e. The Morgan fingerprint density at radius 3 is 2.08 bits per heavy atom. The SMILES string of the molecule is CCOC(=O)C(O)C(O)c1ccc(OC(F)(F)[C@H](F)C(F)(F)F)cc1. The monoisotopic (exact) mass is 376 g/mol. The predicted molar refractivity (Wildman–Crippen MR) is 70.6 cm³/mol. The van der Waals surface area contributed by atoms with Crippen molar-refractivity contribution in [2.75, 3.05) is 6.61 Å². The number of ether oxygens (including phenoxy) is 2. The van der Waals surface area contributed by atoms with Gasteiger partial charge in [-0.3, -0.25) is 0 Å². The third kappa shape index (κ3) is 5.49. The molecular formula is C14H14F6O5. The van der Waals surface area contributed by atoms with E-state index in [-0.39, 0.29) is 12.2 Å². The van der Waals surface area contributed by atoms with Gasteiger partial charge in [0.2, 0.25) is 0 Å². The standard InChI is InChI=1S/C14H14F6O5/c1-2-24-11(23)10(22)9(21)7-3-5-8(6-4-7)25-14(19,20)12(15)13(16,17)18/h3-6,9-10,12,21-22H,2H2,1H3/t9?,10?,12-/m1/s1. The van der Waals surface area contributed by atoms with Crippen molar-refractivity contribution in [1.29, 1.82) is 0 Å². The molecule has 0 bridgehead atoms. The lowest BCUT2D eigenvalue weighted by atomic mass is 10.0. The first-order valence-electron chi connectivity index (χ1n) is 6.80. The van der Waals surface area contributed by atoms with Crippen LogP contribution >= 0.6 is 0 Å². The van der Waals surface area contributed by atoms with Gasteiger partial charge in [-0.2, -0.15) is 22.0 Å². The molecule has 1 aromatic carbocycles. The van der Waals surface area contributed by atoms with E-state index in [1.165, 1.54) is 6.92 Å². The lowest BCUT2D eigenvalue weighted by Crippen LogP contribution is -2.45. The summed E-state index contributed by atoms with van der Waals surface area (Å²) in [6, 6.07) is 3.24. The Kier molecular flexibility index (Phi) is 6.66. The van der Waals surface area contributed by atoms with Crippen LogP contribution in [-0.4, -0.2) is 47.3 Å². The van der Waals surface area contributed by atoms with Crippen LogP contribution in [0.1, 0.15) is 18.6 Å². The maximum Gasteiger partial charge on any atom is 0.439 e. The van der Waals surface area contributed by atoms with Gasteiger partial charge in [-0.25, -0.2) is 9.18 Å². The Morgan fingerprint density at radius 1 is 1.12 bits per heavy atom. The highest BCUT2D eigenvalue weighted by molar-refractivity contribution is 5.75. The van der Waals surface area contributed by atoms with E-state index in [2.05, 4.69) is 9.47 Å². The van der Waals surface area contributed by atoms with E-state index in [4.69, 9.17) is 0 Å². The number of alkyl halides is 6. The molecule has 0 aromatic heterocycles. The number of aliphatic hydroxyl groups excluding tert-OH is 2. The summed E-state index contributed by atoms with van der Waals surface area (Å²) in [5.41, 5.74) is -0.135. The molecule has 1 rings (SSSR count). The quantitative estimate of drug-likeness (QED) is 0.565. The van der Waals surface area contributed by atoms with Gasteiger partial charge in [0.25, 0.3) is 6.17 Å². The highest BCUT2D eigenvalue weighted by atomic mass is 19.4. The largest absolute Gasteiger partial charge is 0.464 e. The molecule has 2 unspecified atom stereocenters. The van der Waals surface area contributed by atoms with Crippen LogP contribution in [0, 0.1) is 0 Å². The Balaban J connectivity index is 2.84. The molecule has 142 valence electrons. The summed E-state index contributed by atoms with van der Waals surface area (Å²) in [6.07, 6.45) is -19.3. The smallest absolute Gasteiger partial charge is 0.439 e. The molecule has 25 heavy (non-hydrogen) atoms. The Labute approximate surface area is 137 Å². The number of esters is 1. The van der Waals surface area contributed by atoms with Crippen molar-refractivity contribution in [3.63, 3.8) is 0 Å².